The Morgan fingerprint density at radius 1 is 1.00 bits per heavy atom. The van der Waals surface area contributed by atoms with E-state index in [9.17, 15) is 9.59 Å². The topological polar surface area (TPSA) is 72.5 Å². The van der Waals surface area contributed by atoms with Crippen molar-refractivity contribution in [2.24, 2.45) is 17.8 Å². The van der Waals surface area contributed by atoms with Crippen molar-refractivity contribution in [1.82, 2.24) is 4.90 Å². The molecule has 6 nitrogen and oxygen atoms in total. The Balaban J connectivity index is 1.17. The van der Waals surface area contributed by atoms with E-state index >= 15 is 0 Å². The molecule has 5 fully saturated rings. The smallest absolute Gasteiger partial charge is 0.288 e. The molecule has 1 atom stereocenters. The average Bonchev–Trinajstić information content (AvgIpc) is 3.20. The predicted octanol–water partition coefficient (Wildman–Crippen LogP) is 1.57. The summed E-state index contributed by atoms with van der Waals surface area (Å²) >= 11 is 0. The maximum absolute atomic E-state index is 13.1. The first-order chi connectivity index (χ1) is 13.6. The number of ether oxygens (including phenoxy) is 2. The molecule has 0 unspecified atom stereocenters. The zero-order valence-corrected chi connectivity index (χ0v) is 16.1. The molecule has 4 bridgehead atoms. The van der Waals surface area contributed by atoms with Gasteiger partial charge in [-0.2, -0.15) is 0 Å². The van der Waals surface area contributed by atoms with Crippen LogP contribution in [0.1, 0.15) is 50.5 Å². The normalized spacial score (nSPS) is 37.9. The van der Waals surface area contributed by atoms with Gasteiger partial charge in [-0.3, -0.25) is 14.5 Å². The van der Waals surface area contributed by atoms with Crippen LogP contribution in [-0.4, -0.2) is 35.1 Å². The Bertz CT molecular complexity index is 816. The van der Waals surface area contributed by atoms with Crippen molar-refractivity contribution in [3.05, 3.63) is 23.8 Å². The number of benzene rings is 1. The number of likely N-dealkylation sites (tertiary alicyclic amines) is 1. The number of carbonyl (C=O) groups is 2. The minimum absolute atomic E-state index is 0.0154. The molecule has 6 heteroatoms. The first-order valence-corrected chi connectivity index (χ1v) is 10.7. The van der Waals surface area contributed by atoms with E-state index in [0.29, 0.717) is 18.7 Å². The Hall–Kier alpha value is -2.08. The zero-order chi connectivity index (χ0) is 18.9. The number of nitrogens with zero attached hydrogens (tertiary/aromatic N) is 1. The molecule has 4 saturated carbocycles. The lowest BCUT2D eigenvalue weighted by atomic mass is 9.53. The number of amides is 2. The van der Waals surface area contributed by atoms with Gasteiger partial charge in [0, 0.05) is 19.3 Å². The van der Waals surface area contributed by atoms with E-state index in [-0.39, 0.29) is 30.2 Å². The fourth-order valence-electron chi connectivity index (χ4n) is 7.04. The van der Waals surface area contributed by atoms with E-state index < -0.39 is 0 Å². The molecule has 148 valence electrons. The van der Waals surface area contributed by atoms with Gasteiger partial charge in [-0.15, -0.1) is 0 Å². The van der Waals surface area contributed by atoms with Gasteiger partial charge in [-0.05, 0) is 54.7 Å². The fourth-order valence-corrected chi connectivity index (χ4v) is 7.04. The molecule has 7 rings (SSSR count). The van der Waals surface area contributed by atoms with E-state index in [1.165, 1.54) is 43.4 Å². The van der Waals surface area contributed by atoms with E-state index in [0.717, 1.165) is 29.1 Å². The summed E-state index contributed by atoms with van der Waals surface area (Å²) in [5.74, 6) is 3.88. The predicted molar refractivity (Wildman–Crippen MR) is 99.4 cm³/mol. The van der Waals surface area contributed by atoms with Crippen LogP contribution in [0.15, 0.2) is 18.2 Å². The molecule has 6 aliphatic rings. The summed E-state index contributed by atoms with van der Waals surface area (Å²) in [4.78, 5) is 27.2. The minimum atomic E-state index is -0.238. The molecular weight excluding hydrogens is 356 g/mol. The molecule has 0 spiro atoms. The summed E-state index contributed by atoms with van der Waals surface area (Å²) in [6.07, 6.45) is 8.21. The fraction of sp³-hybridized carbons (Fsp3) is 0.636. The third-order valence-electron chi connectivity index (χ3n) is 7.70. The van der Waals surface area contributed by atoms with Crippen molar-refractivity contribution in [1.29, 1.82) is 0 Å². The van der Waals surface area contributed by atoms with Crippen LogP contribution >= 0.6 is 0 Å². The van der Waals surface area contributed by atoms with Crippen LogP contribution < -0.4 is 14.8 Å². The largest absolute Gasteiger partial charge is 0.454 e. The van der Waals surface area contributed by atoms with Gasteiger partial charge in [0.2, 0.25) is 12.7 Å². The Kier molecular flexibility index (Phi) is 3.58. The van der Waals surface area contributed by atoms with Gasteiger partial charge in [0.15, 0.2) is 17.5 Å². The monoisotopic (exact) mass is 383 g/mol. The number of quaternary nitrogens is 1. The molecular formula is C22H27N2O4+. The van der Waals surface area contributed by atoms with Gasteiger partial charge in [0.05, 0.1) is 18.5 Å². The second-order valence-corrected chi connectivity index (χ2v) is 9.76. The SMILES string of the molecule is O=C1C[C@H]([NH2+]C23CC4CC(CC(C4)C2)C3)C(=O)N1Cc1ccc2c(c1)OCO2. The zero-order valence-electron chi connectivity index (χ0n) is 16.1. The summed E-state index contributed by atoms with van der Waals surface area (Å²) in [6, 6.07) is 5.39. The average molecular weight is 383 g/mol. The van der Waals surface area contributed by atoms with Crippen LogP contribution in [0.25, 0.3) is 0 Å². The van der Waals surface area contributed by atoms with E-state index in [4.69, 9.17) is 9.47 Å². The Morgan fingerprint density at radius 3 is 2.39 bits per heavy atom. The second kappa shape index (κ2) is 5.96. The number of nitrogens with two attached hydrogens (primary N) is 1. The summed E-state index contributed by atoms with van der Waals surface area (Å²) in [6.45, 7) is 0.544. The van der Waals surface area contributed by atoms with E-state index in [1.807, 2.05) is 18.2 Å². The molecule has 2 aliphatic heterocycles. The molecule has 1 saturated heterocycles. The van der Waals surface area contributed by atoms with Crippen molar-refractivity contribution in [3.8, 4) is 11.5 Å². The van der Waals surface area contributed by atoms with Gasteiger partial charge in [-0.1, -0.05) is 6.07 Å². The first-order valence-electron chi connectivity index (χ1n) is 10.7. The number of carbonyl (C=O) groups excluding carboxylic acids is 2. The Labute approximate surface area is 164 Å². The molecule has 2 amide bonds. The van der Waals surface area contributed by atoms with Crippen molar-refractivity contribution in [2.45, 2.75) is 63.1 Å². The highest BCUT2D eigenvalue weighted by atomic mass is 16.7. The second-order valence-electron chi connectivity index (χ2n) is 9.76. The minimum Gasteiger partial charge on any atom is -0.454 e. The molecule has 4 aliphatic carbocycles. The first kappa shape index (κ1) is 16.8. The van der Waals surface area contributed by atoms with Crippen LogP contribution in [0, 0.1) is 17.8 Å². The Morgan fingerprint density at radius 2 is 1.68 bits per heavy atom. The third-order valence-corrected chi connectivity index (χ3v) is 7.70. The lowest BCUT2D eigenvalue weighted by Gasteiger charge is -2.55. The number of hydrogen-bond acceptors (Lipinski definition) is 4. The number of imide groups is 1. The lowest BCUT2D eigenvalue weighted by Crippen LogP contribution is -3.03. The number of rotatable bonds is 4. The van der Waals surface area contributed by atoms with Crippen molar-refractivity contribution in [3.63, 3.8) is 0 Å². The number of hydrogen-bond donors (Lipinski definition) is 1. The maximum Gasteiger partial charge on any atom is 0.288 e. The molecule has 2 N–H and O–H groups in total. The van der Waals surface area contributed by atoms with Crippen LogP contribution in [0.5, 0.6) is 11.5 Å². The van der Waals surface area contributed by atoms with Crippen molar-refractivity contribution in [2.75, 3.05) is 6.79 Å². The quantitative estimate of drug-likeness (QED) is 0.802. The van der Waals surface area contributed by atoms with Gasteiger partial charge in [0.1, 0.15) is 0 Å². The highest BCUT2D eigenvalue weighted by Crippen LogP contribution is 2.54. The number of fused-ring (bicyclic) bond motifs is 1. The standard InChI is InChI=1S/C22H26N2O4/c25-20-7-17(23-22-8-14-3-15(9-22)5-16(4-14)10-22)21(26)24(20)11-13-1-2-18-19(6-13)28-12-27-18/h1-2,6,14-17,23H,3-5,7-12H2/p+1/t14?,15?,16?,17-,22?/m0/s1. The van der Waals surface area contributed by atoms with E-state index in [2.05, 4.69) is 5.32 Å². The summed E-state index contributed by atoms with van der Waals surface area (Å²) in [5.41, 5.74) is 1.12. The van der Waals surface area contributed by atoms with Gasteiger partial charge in [-0.25, -0.2) is 0 Å². The summed E-state index contributed by atoms with van der Waals surface area (Å²) < 4.78 is 10.8. The molecule has 2 heterocycles. The van der Waals surface area contributed by atoms with Crippen LogP contribution in [0.2, 0.25) is 0 Å². The van der Waals surface area contributed by atoms with Gasteiger partial charge in [0.25, 0.3) is 5.91 Å². The molecule has 0 radical (unpaired) electrons. The maximum atomic E-state index is 13.1. The van der Waals surface area contributed by atoms with Gasteiger partial charge >= 0.3 is 0 Å². The summed E-state index contributed by atoms with van der Waals surface area (Å²) in [5, 5.41) is 2.32. The van der Waals surface area contributed by atoms with E-state index in [1.54, 1.807) is 0 Å². The van der Waals surface area contributed by atoms with Crippen LogP contribution in [0.3, 0.4) is 0 Å². The molecule has 28 heavy (non-hydrogen) atoms. The van der Waals surface area contributed by atoms with Crippen LogP contribution in [-0.2, 0) is 16.1 Å². The van der Waals surface area contributed by atoms with Crippen molar-refractivity contribution < 1.29 is 24.4 Å². The molecule has 1 aromatic rings. The van der Waals surface area contributed by atoms with Crippen molar-refractivity contribution >= 4 is 11.8 Å². The summed E-state index contributed by atoms with van der Waals surface area (Å²) in [7, 11) is 0. The highest BCUT2D eigenvalue weighted by molar-refractivity contribution is 6.04. The van der Waals surface area contributed by atoms with Crippen LogP contribution in [0.4, 0.5) is 0 Å². The van der Waals surface area contributed by atoms with Gasteiger partial charge < -0.3 is 14.8 Å². The molecule has 1 aromatic carbocycles. The lowest BCUT2D eigenvalue weighted by molar-refractivity contribution is -0.755. The highest BCUT2D eigenvalue weighted by Gasteiger charge is 2.56. The third kappa shape index (κ3) is 2.65. The molecule has 0 aromatic heterocycles.